The van der Waals surface area contributed by atoms with Gasteiger partial charge < -0.3 is 0 Å². The third kappa shape index (κ3) is 1.38. The summed E-state index contributed by atoms with van der Waals surface area (Å²) >= 11 is 5.73. The quantitative estimate of drug-likeness (QED) is 0.471. The molecule has 0 nitrogen and oxygen atoms in total. The Morgan fingerprint density at radius 1 is 1.62 bits per heavy atom. The summed E-state index contributed by atoms with van der Waals surface area (Å²) in [6, 6.07) is 0. The fraction of sp³-hybridized carbons (Fsp3) is 0.429. The Morgan fingerprint density at radius 3 is 2.75 bits per heavy atom. The lowest BCUT2D eigenvalue weighted by Crippen LogP contribution is -1.82. The van der Waals surface area contributed by atoms with Gasteiger partial charge in [-0.05, 0) is 25.8 Å². The molecule has 0 aliphatic heterocycles. The first-order valence-electron chi connectivity index (χ1n) is 2.82. The molecule has 0 aromatic carbocycles. The molecule has 0 radical (unpaired) electrons. The molecule has 0 heterocycles. The Morgan fingerprint density at radius 2 is 2.38 bits per heavy atom. The van der Waals surface area contributed by atoms with E-state index in [0.717, 1.165) is 17.9 Å². The molecule has 1 rings (SSSR count). The van der Waals surface area contributed by atoms with E-state index in [1.807, 2.05) is 6.08 Å². The third-order valence-corrected chi connectivity index (χ3v) is 1.53. The SMILES string of the molecule is CC1=CCCC(Cl)=C1. The van der Waals surface area contributed by atoms with E-state index >= 15 is 0 Å². The zero-order valence-corrected chi connectivity index (χ0v) is 5.70. The second kappa shape index (κ2) is 2.36. The van der Waals surface area contributed by atoms with E-state index in [1.165, 1.54) is 5.57 Å². The fourth-order valence-electron chi connectivity index (χ4n) is 0.816. The van der Waals surface area contributed by atoms with Crippen molar-refractivity contribution in [2.75, 3.05) is 0 Å². The lowest BCUT2D eigenvalue weighted by Gasteiger charge is -2.02. The van der Waals surface area contributed by atoms with Gasteiger partial charge >= 0.3 is 0 Å². The molecule has 0 aromatic rings. The van der Waals surface area contributed by atoms with Crippen LogP contribution in [0.5, 0.6) is 0 Å². The molecule has 0 N–H and O–H groups in total. The second-order valence-corrected chi connectivity index (χ2v) is 2.56. The van der Waals surface area contributed by atoms with Crippen molar-refractivity contribution in [3.8, 4) is 0 Å². The van der Waals surface area contributed by atoms with Gasteiger partial charge in [0, 0.05) is 5.03 Å². The van der Waals surface area contributed by atoms with Gasteiger partial charge in [0.2, 0.25) is 0 Å². The minimum atomic E-state index is 0.991. The topological polar surface area (TPSA) is 0 Å². The van der Waals surface area contributed by atoms with Crippen LogP contribution in [0.4, 0.5) is 0 Å². The lowest BCUT2D eigenvalue weighted by atomic mass is 10.1. The van der Waals surface area contributed by atoms with Crippen LogP contribution in [0.2, 0.25) is 0 Å². The molecule has 0 bridgehead atoms. The molecular formula is C7H9Cl. The molecular weight excluding hydrogens is 120 g/mol. The lowest BCUT2D eigenvalue weighted by molar-refractivity contribution is 0.998. The summed E-state index contributed by atoms with van der Waals surface area (Å²) in [6.45, 7) is 2.07. The van der Waals surface area contributed by atoms with Crippen molar-refractivity contribution >= 4 is 11.6 Å². The van der Waals surface area contributed by atoms with Crippen LogP contribution in [0.15, 0.2) is 22.8 Å². The van der Waals surface area contributed by atoms with Gasteiger partial charge in [-0.2, -0.15) is 0 Å². The standard InChI is InChI=1S/C7H9Cl/c1-6-3-2-4-7(8)5-6/h3,5H,2,4H2,1H3. The smallest absolute Gasteiger partial charge is 0.0186 e. The highest BCUT2D eigenvalue weighted by Gasteiger charge is 1.96. The van der Waals surface area contributed by atoms with E-state index in [1.54, 1.807) is 0 Å². The van der Waals surface area contributed by atoms with E-state index < -0.39 is 0 Å². The Balaban J connectivity index is 2.69. The van der Waals surface area contributed by atoms with Gasteiger partial charge in [0.05, 0.1) is 0 Å². The van der Waals surface area contributed by atoms with Crippen LogP contribution in [0.25, 0.3) is 0 Å². The number of rotatable bonds is 0. The molecule has 0 amide bonds. The van der Waals surface area contributed by atoms with Gasteiger partial charge in [-0.25, -0.2) is 0 Å². The molecule has 0 atom stereocenters. The van der Waals surface area contributed by atoms with E-state index in [4.69, 9.17) is 11.6 Å². The predicted octanol–water partition coefficient (Wildman–Crippen LogP) is 2.85. The zero-order valence-electron chi connectivity index (χ0n) is 4.95. The Hall–Kier alpha value is -0.230. The van der Waals surface area contributed by atoms with Crippen LogP contribution in [0.3, 0.4) is 0 Å². The first-order chi connectivity index (χ1) is 3.79. The van der Waals surface area contributed by atoms with Gasteiger partial charge in [0.15, 0.2) is 0 Å². The largest absolute Gasteiger partial charge is 0.0891 e. The Bertz CT molecular complexity index is 142. The fourth-order valence-corrected chi connectivity index (χ4v) is 1.10. The normalized spacial score (nSPS) is 19.8. The van der Waals surface area contributed by atoms with Crippen molar-refractivity contribution < 1.29 is 0 Å². The van der Waals surface area contributed by atoms with Gasteiger partial charge in [0.1, 0.15) is 0 Å². The molecule has 0 unspecified atom stereocenters. The first kappa shape index (κ1) is 5.90. The maximum Gasteiger partial charge on any atom is 0.0186 e. The van der Waals surface area contributed by atoms with Gasteiger partial charge in [-0.15, -0.1) is 0 Å². The second-order valence-electron chi connectivity index (χ2n) is 2.08. The van der Waals surface area contributed by atoms with Crippen molar-refractivity contribution in [3.05, 3.63) is 22.8 Å². The number of allylic oxidation sites excluding steroid dienone is 4. The Kier molecular flexibility index (Phi) is 1.74. The number of hydrogen-bond donors (Lipinski definition) is 0. The van der Waals surface area contributed by atoms with Crippen molar-refractivity contribution in [2.45, 2.75) is 19.8 Å². The van der Waals surface area contributed by atoms with Crippen molar-refractivity contribution in [1.82, 2.24) is 0 Å². The van der Waals surface area contributed by atoms with Crippen LogP contribution in [0, 0.1) is 0 Å². The van der Waals surface area contributed by atoms with E-state index in [9.17, 15) is 0 Å². The Labute approximate surface area is 54.8 Å². The van der Waals surface area contributed by atoms with Crippen LogP contribution < -0.4 is 0 Å². The number of halogens is 1. The van der Waals surface area contributed by atoms with Crippen LogP contribution in [0.1, 0.15) is 19.8 Å². The molecule has 1 aliphatic rings. The summed E-state index contributed by atoms with van der Waals surface area (Å²) in [5.74, 6) is 0. The van der Waals surface area contributed by atoms with Crippen LogP contribution in [-0.4, -0.2) is 0 Å². The maximum atomic E-state index is 5.73. The number of hydrogen-bond acceptors (Lipinski definition) is 0. The van der Waals surface area contributed by atoms with E-state index in [2.05, 4.69) is 13.0 Å². The molecule has 1 aliphatic carbocycles. The molecule has 0 saturated heterocycles. The average Bonchev–Trinajstić information content (AvgIpc) is 1.64. The van der Waals surface area contributed by atoms with Crippen LogP contribution >= 0.6 is 11.6 Å². The average molecular weight is 129 g/mol. The monoisotopic (exact) mass is 128 g/mol. The third-order valence-electron chi connectivity index (χ3n) is 1.23. The van der Waals surface area contributed by atoms with Crippen molar-refractivity contribution in [1.29, 1.82) is 0 Å². The molecule has 0 fully saturated rings. The summed E-state index contributed by atoms with van der Waals surface area (Å²) in [7, 11) is 0. The van der Waals surface area contributed by atoms with E-state index in [-0.39, 0.29) is 0 Å². The highest BCUT2D eigenvalue weighted by atomic mass is 35.5. The molecule has 0 aromatic heterocycles. The molecule has 44 valence electrons. The summed E-state index contributed by atoms with van der Waals surface area (Å²) < 4.78 is 0. The van der Waals surface area contributed by atoms with E-state index in [0.29, 0.717) is 0 Å². The predicted molar refractivity (Wildman–Crippen MR) is 36.9 cm³/mol. The van der Waals surface area contributed by atoms with Gasteiger partial charge in [-0.1, -0.05) is 23.3 Å². The zero-order chi connectivity index (χ0) is 5.98. The molecule has 1 heteroatoms. The molecule has 0 saturated carbocycles. The van der Waals surface area contributed by atoms with Gasteiger partial charge in [-0.3, -0.25) is 0 Å². The summed E-state index contributed by atoms with van der Waals surface area (Å²) in [6.07, 6.45) is 6.36. The highest BCUT2D eigenvalue weighted by molar-refractivity contribution is 6.29. The van der Waals surface area contributed by atoms with Crippen molar-refractivity contribution in [3.63, 3.8) is 0 Å². The van der Waals surface area contributed by atoms with Crippen LogP contribution in [-0.2, 0) is 0 Å². The van der Waals surface area contributed by atoms with Crippen molar-refractivity contribution in [2.24, 2.45) is 0 Å². The summed E-state index contributed by atoms with van der Waals surface area (Å²) in [5.41, 5.74) is 1.29. The maximum absolute atomic E-state index is 5.73. The molecule has 0 spiro atoms. The molecule has 8 heavy (non-hydrogen) atoms. The van der Waals surface area contributed by atoms with Gasteiger partial charge in [0.25, 0.3) is 0 Å². The minimum absolute atomic E-state index is 0.991. The first-order valence-corrected chi connectivity index (χ1v) is 3.19. The summed E-state index contributed by atoms with van der Waals surface area (Å²) in [5, 5.41) is 0.991. The summed E-state index contributed by atoms with van der Waals surface area (Å²) in [4.78, 5) is 0. The minimum Gasteiger partial charge on any atom is -0.0891 e. The highest BCUT2D eigenvalue weighted by Crippen LogP contribution is 2.18.